The van der Waals surface area contributed by atoms with E-state index in [0.717, 1.165) is 31.6 Å². The Kier molecular flexibility index (Phi) is 6.43. The molecular weight excluding hydrogens is 423 g/mol. The molecule has 0 saturated carbocycles. The van der Waals surface area contributed by atoms with E-state index in [2.05, 4.69) is 25.6 Å². The van der Waals surface area contributed by atoms with Crippen molar-refractivity contribution in [2.24, 2.45) is 0 Å². The first kappa shape index (κ1) is 21.2. The Morgan fingerprint density at radius 3 is 2.87 bits per heavy atom. The molecule has 1 aliphatic rings. The molecule has 1 aliphatic heterocycles. The van der Waals surface area contributed by atoms with E-state index in [4.69, 9.17) is 16.3 Å². The lowest BCUT2D eigenvalue weighted by Crippen LogP contribution is -2.28. The monoisotopic (exact) mass is 444 g/mol. The second-order valence-corrected chi connectivity index (χ2v) is 7.79. The molecule has 8 nitrogen and oxygen atoms in total. The van der Waals surface area contributed by atoms with Crippen LogP contribution in [0.5, 0.6) is 0 Å². The number of halogens is 2. The maximum atomic E-state index is 13.4. The molecular formula is C21H22ClFN6O2. The number of amides is 1. The van der Waals surface area contributed by atoms with Crippen molar-refractivity contribution in [1.82, 2.24) is 24.8 Å². The van der Waals surface area contributed by atoms with E-state index >= 15 is 0 Å². The zero-order valence-electron chi connectivity index (χ0n) is 16.9. The van der Waals surface area contributed by atoms with Gasteiger partial charge in [0.05, 0.1) is 0 Å². The Morgan fingerprint density at radius 1 is 1.29 bits per heavy atom. The molecule has 1 aromatic carbocycles. The lowest BCUT2D eigenvalue weighted by molar-refractivity contribution is 0.0903. The first-order chi connectivity index (χ1) is 15.0. The highest BCUT2D eigenvalue weighted by atomic mass is 35.5. The lowest BCUT2D eigenvalue weighted by atomic mass is 10.1. The van der Waals surface area contributed by atoms with E-state index in [-0.39, 0.29) is 29.2 Å². The van der Waals surface area contributed by atoms with E-state index < -0.39 is 5.82 Å². The van der Waals surface area contributed by atoms with E-state index in [1.165, 1.54) is 18.5 Å². The number of rotatable bonds is 6. The maximum absolute atomic E-state index is 13.4. The molecule has 2 aromatic heterocycles. The number of hydrogen-bond acceptors (Lipinski definition) is 6. The van der Waals surface area contributed by atoms with E-state index in [1.54, 1.807) is 23.0 Å². The van der Waals surface area contributed by atoms with Gasteiger partial charge in [0.1, 0.15) is 23.7 Å². The standard InChI is InChI=1S/C21H22ClFN6O2/c1-13-9-25-21(27-17-2-4-31-5-3-17)28-19(13)29-11-18(26-12-29)20(30)24-10-14-6-15(22)8-16(23)7-14/h6-9,11-12,17H,2-5,10H2,1H3,(H,24,30)(H,25,27,28). The van der Waals surface area contributed by atoms with E-state index in [9.17, 15) is 9.18 Å². The van der Waals surface area contributed by atoms with Gasteiger partial charge in [-0.25, -0.2) is 14.4 Å². The molecule has 0 bridgehead atoms. The van der Waals surface area contributed by atoms with Crippen LogP contribution in [0.3, 0.4) is 0 Å². The first-order valence-electron chi connectivity index (χ1n) is 9.93. The number of nitrogens with zero attached hydrogens (tertiary/aromatic N) is 4. The number of ether oxygens (including phenoxy) is 1. The van der Waals surface area contributed by atoms with Crippen LogP contribution in [0.15, 0.2) is 36.9 Å². The molecule has 0 radical (unpaired) electrons. The van der Waals surface area contributed by atoms with Crippen LogP contribution in [0.2, 0.25) is 5.02 Å². The number of carbonyl (C=O) groups is 1. The highest BCUT2D eigenvalue weighted by Gasteiger charge is 2.16. The highest BCUT2D eigenvalue weighted by molar-refractivity contribution is 6.30. The van der Waals surface area contributed by atoms with Crippen LogP contribution in [-0.2, 0) is 11.3 Å². The molecule has 1 fully saturated rings. The van der Waals surface area contributed by atoms with Crippen molar-refractivity contribution < 1.29 is 13.9 Å². The summed E-state index contributed by atoms with van der Waals surface area (Å²) in [6.07, 6.45) is 6.66. The predicted molar refractivity (Wildman–Crippen MR) is 114 cm³/mol. The van der Waals surface area contributed by atoms with Crippen LogP contribution in [0.25, 0.3) is 5.82 Å². The molecule has 10 heteroatoms. The third kappa shape index (κ3) is 5.36. The van der Waals surface area contributed by atoms with Crippen LogP contribution in [0, 0.1) is 12.7 Å². The van der Waals surface area contributed by atoms with Crippen LogP contribution < -0.4 is 10.6 Å². The van der Waals surface area contributed by atoms with Gasteiger partial charge in [0.15, 0.2) is 0 Å². The lowest BCUT2D eigenvalue weighted by Gasteiger charge is -2.23. The molecule has 0 aliphatic carbocycles. The second kappa shape index (κ2) is 9.40. The zero-order chi connectivity index (χ0) is 21.8. The average Bonchev–Trinajstić information content (AvgIpc) is 3.24. The quantitative estimate of drug-likeness (QED) is 0.606. The summed E-state index contributed by atoms with van der Waals surface area (Å²) in [5.74, 6) is 0.319. The Morgan fingerprint density at radius 2 is 2.10 bits per heavy atom. The zero-order valence-corrected chi connectivity index (χ0v) is 17.7. The Bertz CT molecular complexity index is 1060. The van der Waals surface area contributed by atoms with E-state index in [0.29, 0.717) is 17.3 Å². The van der Waals surface area contributed by atoms with Gasteiger partial charge in [-0.05, 0) is 43.5 Å². The minimum atomic E-state index is -0.453. The molecule has 3 aromatic rings. The summed E-state index contributed by atoms with van der Waals surface area (Å²) in [7, 11) is 0. The fourth-order valence-corrected chi connectivity index (χ4v) is 3.57. The number of hydrogen-bond donors (Lipinski definition) is 2. The van der Waals surface area contributed by atoms with Gasteiger partial charge in [0.2, 0.25) is 5.95 Å². The average molecular weight is 445 g/mol. The Labute approximate surface area is 183 Å². The van der Waals surface area contributed by atoms with Crippen molar-refractivity contribution >= 4 is 23.5 Å². The molecule has 2 N–H and O–H groups in total. The van der Waals surface area contributed by atoms with Crippen molar-refractivity contribution in [2.45, 2.75) is 32.4 Å². The van der Waals surface area contributed by atoms with E-state index in [1.807, 2.05) is 6.92 Å². The SMILES string of the molecule is Cc1cnc(NC2CCOCC2)nc1-n1cnc(C(=O)NCc2cc(F)cc(Cl)c2)c1. The van der Waals surface area contributed by atoms with Crippen molar-refractivity contribution in [3.8, 4) is 5.82 Å². The minimum absolute atomic E-state index is 0.134. The van der Waals surface area contributed by atoms with Crippen LogP contribution in [-0.4, -0.2) is 44.7 Å². The highest BCUT2D eigenvalue weighted by Crippen LogP contribution is 2.17. The Hall–Kier alpha value is -3.04. The van der Waals surface area contributed by atoms with Crippen LogP contribution in [0.4, 0.5) is 10.3 Å². The number of anilines is 1. The summed E-state index contributed by atoms with van der Waals surface area (Å²) in [6, 6.07) is 4.40. The van der Waals surface area contributed by atoms with Gasteiger partial charge in [0.25, 0.3) is 5.91 Å². The van der Waals surface area contributed by atoms with Gasteiger partial charge < -0.3 is 15.4 Å². The molecule has 31 heavy (non-hydrogen) atoms. The summed E-state index contributed by atoms with van der Waals surface area (Å²) in [5.41, 5.74) is 1.63. The summed E-state index contributed by atoms with van der Waals surface area (Å²) in [5, 5.41) is 6.33. The number of aryl methyl sites for hydroxylation is 1. The van der Waals surface area contributed by atoms with Gasteiger partial charge in [0, 0.05) is 48.8 Å². The molecule has 162 valence electrons. The molecule has 0 unspecified atom stereocenters. The van der Waals surface area contributed by atoms with Gasteiger partial charge in [-0.2, -0.15) is 4.98 Å². The third-order valence-corrected chi connectivity index (χ3v) is 5.15. The fraction of sp³-hybridized carbons (Fsp3) is 0.333. The molecule has 1 amide bonds. The second-order valence-electron chi connectivity index (χ2n) is 7.36. The number of carbonyl (C=O) groups excluding carboxylic acids is 1. The third-order valence-electron chi connectivity index (χ3n) is 4.93. The number of nitrogens with one attached hydrogen (secondary N) is 2. The summed E-state index contributed by atoms with van der Waals surface area (Å²) >= 11 is 5.85. The summed E-state index contributed by atoms with van der Waals surface area (Å²) in [4.78, 5) is 25.6. The number of imidazole rings is 1. The summed E-state index contributed by atoms with van der Waals surface area (Å²) < 4.78 is 20.5. The van der Waals surface area contributed by atoms with Crippen LogP contribution in [0.1, 0.15) is 34.5 Å². The number of benzene rings is 1. The van der Waals surface area contributed by atoms with Gasteiger partial charge in [-0.1, -0.05) is 11.6 Å². The van der Waals surface area contributed by atoms with Crippen molar-refractivity contribution in [3.63, 3.8) is 0 Å². The summed E-state index contributed by atoms with van der Waals surface area (Å²) in [6.45, 7) is 3.46. The molecule has 1 saturated heterocycles. The molecule has 0 spiro atoms. The molecule has 0 atom stereocenters. The fourth-order valence-electron chi connectivity index (χ4n) is 3.33. The normalized spacial score (nSPS) is 14.4. The smallest absolute Gasteiger partial charge is 0.271 e. The van der Waals surface area contributed by atoms with Crippen molar-refractivity contribution in [1.29, 1.82) is 0 Å². The first-order valence-corrected chi connectivity index (χ1v) is 10.3. The maximum Gasteiger partial charge on any atom is 0.271 e. The van der Waals surface area contributed by atoms with Gasteiger partial charge >= 0.3 is 0 Å². The molecule has 3 heterocycles. The van der Waals surface area contributed by atoms with Crippen molar-refractivity contribution in [3.05, 3.63) is 64.6 Å². The minimum Gasteiger partial charge on any atom is -0.381 e. The van der Waals surface area contributed by atoms with Gasteiger partial charge in [-0.3, -0.25) is 9.36 Å². The Balaban J connectivity index is 1.44. The van der Waals surface area contributed by atoms with Crippen molar-refractivity contribution in [2.75, 3.05) is 18.5 Å². The topological polar surface area (TPSA) is 94.0 Å². The number of aromatic nitrogens is 4. The van der Waals surface area contributed by atoms with Gasteiger partial charge in [-0.15, -0.1) is 0 Å². The predicted octanol–water partition coefficient (Wildman–Crippen LogP) is 3.28. The molecule has 4 rings (SSSR count). The van der Waals surface area contributed by atoms with Crippen LogP contribution >= 0.6 is 11.6 Å². The largest absolute Gasteiger partial charge is 0.381 e.